The number of aromatic carboxylic acids is 1. The summed E-state index contributed by atoms with van der Waals surface area (Å²) < 4.78 is 106. The maximum absolute atomic E-state index is 14.0. The van der Waals surface area contributed by atoms with Crippen molar-refractivity contribution in [2.24, 2.45) is 0 Å². The first-order valence-corrected chi connectivity index (χ1v) is 15.7. The summed E-state index contributed by atoms with van der Waals surface area (Å²) >= 11 is 0. The molecule has 0 radical (unpaired) electrons. The Balaban J connectivity index is 2.05. The van der Waals surface area contributed by atoms with Gasteiger partial charge in [-0.05, 0) is 23.3 Å². The van der Waals surface area contributed by atoms with Crippen LogP contribution in [-0.2, 0) is 43.6 Å². The maximum Gasteiger partial charge on any atom is 0.399 e. The second kappa shape index (κ2) is 11.4. The molecule has 0 aliphatic heterocycles. The van der Waals surface area contributed by atoms with Gasteiger partial charge in [0.05, 0.1) is 10.5 Å². The van der Waals surface area contributed by atoms with Crippen LogP contribution in [0, 0.1) is 0 Å². The summed E-state index contributed by atoms with van der Waals surface area (Å²) in [4.78, 5) is 46.8. The van der Waals surface area contributed by atoms with Crippen molar-refractivity contribution in [1.82, 2.24) is 4.31 Å². The van der Waals surface area contributed by atoms with Crippen LogP contribution in [-0.4, -0.2) is 43.4 Å². The van der Waals surface area contributed by atoms with Gasteiger partial charge < -0.3 is 24.7 Å². The molecule has 0 aliphatic rings. The molecule has 0 bridgehead atoms. The second-order valence-corrected chi connectivity index (χ2v) is 13.8. The Kier molecular flexibility index (Phi) is 9.04. The molecule has 0 spiro atoms. The Labute approximate surface area is 230 Å². The number of halogens is 4. The molecule has 3 aromatic carbocycles. The van der Waals surface area contributed by atoms with Crippen LogP contribution < -0.4 is 0 Å². The van der Waals surface area contributed by atoms with Crippen LogP contribution in [0.2, 0.25) is 0 Å². The lowest BCUT2D eigenvalue weighted by atomic mass is 10.1. The van der Waals surface area contributed by atoms with E-state index in [1.807, 2.05) is 0 Å². The van der Waals surface area contributed by atoms with E-state index in [2.05, 4.69) is 0 Å². The molecule has 0 fully saturated rings. The molecule has 0 saturated heterocycles. The van der Waals surface area contributed by atoms with E-state index in [9.17, 15) is 45.0 Å². The van der Waals surface area contributed by atoms with Crippen molar-refractivity contribution in [3.8, 4) is 0 Å². The van der Waals surface area contributed by atoms with Crippen LogP contribution in [0.4, 0.5) is 17.6 Å². The van der Waals surface area contributed by atoms with E-state index in [4.69, 9.17) is 19.6 Å². The van der Waals surface area contributed by atoms with Gasteiger partial charge in [0.2, 0.25) is 10.0 Å². The van der Waals surface area contributed by atoms with Gasteiger partial charge in [-0.1, -0.05) is 60.7 Å². The standard InChI is InChI=1S/C23H21F4NO10P2S/c24-22(25,39(31,32)33)17-9-5-15(6-10-17)13-28(41(37,38)20-4-2-1-3-19(20)21(29)30)14-16-7-11-18(12-8-16)23(26,27)40(34,35)36/h1-12H,13-14H2,(H,29,30)(H2,31,32,33)(H2,34,35,36). The number of benzene rings is 3. The predicted molar refractivity (Wildman–Crippen MR) is 135 cm³/mol. The lowest BCUT2D eigenvalue weighted by Crippen LogP contribution is -2.31. The van der Waals surface area contributed by atoms with Crippen molar-refractivity contribution < 1.29 is 64.6 Å². The van der Waals surface area contributed by atoms with Crippen molar-refractivity contribution in [3.05, 3.63) is 101 Å². The fourth-order valence-electron chi connectivity index (χ4n) is 3.60. The Morgan fingerprint density at radius 2 is 1.07 bits per heavy atom. The Morgan fingerprint density at radius 3 is 1.41 bits per heavy atom. The number of sulfonamides is 1. The van der Waals surface area contributed by atoms with Gasteiger partial charge in [0.1, 0.15) is 0 Å². The molecule has 41 heavy (non-hydrogen) atoms. The molecule has 222 valence electrons. The third kappa shape index (κ3) is 6.76. The molecule has 0 unspecified atom stereocenters. The van der Waals surface area contributed by atoms with E-state index < -0.39 is 77.2 Å². The molecule has 0 atom stereocenters. The first kappa shape index (κ1) is 32.6. The summed E-state index contributed by atoms with van der Waals surface area (Å²) in [6, 6.07) is 11.1. The Bertz CT molecular complexity index is 1560. The number of carbonyl (C=O) groups is 1. The highest BCUT2D eigenvalue weighted by Gasteiger charge is 2.51. The molecule has 0 heterocycles. The van der Waals surface area contributed by atoms with Crippen molar-refractivity contribution in [2.45, 2.75) is 29.3 Å². The van der Waals surface area contributed by atoms with Crippen LogP contribution in [0.3, 0.4) is 0 Å². The van der Waals surface area contributed by atoms with Crippen LogP contribution in [0.1, 0.15) is 32.6 Å². The highest BCUT2D eigenvalue weighted by Crippen LogP contribution is 2.60. The Morgan fingerprint density at radius 1 is 0.707 bits per heavy atom. The number of nitrogens with zero attached hydrogens (tertiary/aromatic N) is 1. The number of rotatable bonds is 11. The number of alkyl halides is 4. The maximum atomic E-state index is 14.0. The summed E-state index contributed by atoms with van der Waals surface area (Å²) in [5.41, 5.74) is -11.7. The fraction of sp³-hybridized carbons (Fsp3) is 0.174. The SMILES string of the molecule is O=C(O)c1ccccc1S(=O)(=O)N(Cc1ccc(C(F)(F)P(=O)(O)O)cc1)Cc1ccc(C(F)(F)P(=O)(O)O)cc1. The number of carboxylic acid groups (broad SMARTS) is 1. The summed E-state index contributed by atoms with van der Waals surface area (Å²) in [5.74, 6) is -1.59. The molecule has 11 nitrogen and oxygen atoms in total. The topological polar surface area (TPSA) is 190 Å². The minimum absolute atomic E-state index is 0.0243. The molecule has 3 aromatic rings. The lowest BCUT2D eigenvalue weighted by molar-refractivity contribution is 0.0564. The summed E-state index contributed by atoms with van der Waals surface area (Å²) in [6.07, 6.45) is 0. The van der Waals surface area contributed by atoms with Gasteiger partial charge in [0.25, 0.3) is 0 Å². The largest absolute Gasteiger partial charge is 0.478 e. The number of hydrogen-bond acceptors (Lipinski definition) is 5. The average Bonchev–Trinajstić information content (AvgIpc) is 2.87. The number of carboxylic acids is 1. The zero-order valence-corrected chi connectivity index (χ0v) is 23.0. The molecule has 18 heteroatoms. The molecule has 3 rings (SSSR count). The van der Waals surface area contributed by atoms with E-state index in [0.717, 1.165) is 36.4 Å². The normalized spacial score (nSPS) is 13.4. The highest BCUT2D eigenvalue weighted by molar-refractivity contribution is 7.89. The van der Waals surface area contributed by atoms with Crippen molar-refractivity contribution in [1.29, 1.82) is 0 Å². The van der Waals surface area contributed by atoms with Crippen molar-refractivity contribution >= 4 is 31.2 Å². The van der Waals surface area contributed by atoms with Gasteiger partial charge in [0, 0.05) is 24.2 Å². The fourth-order valence-corrected chi connectivity index (χ4v) is 6.17. The highest BCUT2D eigenvalue weighted by atomic mass is 32.2. The monoisotopic (exact) mass is 641 g/mol. The lowest BCUT2D eigenvalue weighted by Gasteiger charge is -2.24. The zero-order valence-electron chi connectivity index (χ0n) is 20.4. The van der Waals surface area contributed by atoms with E-state index in [-0.39, 0.29) is 11.1 Å². The molecule has 0 amide bonds. The van der Waals surface area contributed by atoms with Gasteiger partial charge in [-0.2, -0.15) is 21.9 Å². The minimum atomic E-state index is -5.88. The summed E-state index contributed by atoms with van der Waals surface area (Å²) in [7, 11) is -16.5. The van der Waals surface area contributed by atoms with E-state index in [1.54, 1.807) is 0 Å². The average molecular weight is 641 g/mol. The van der Waals surface area contributed by atoms with Crippen LogP contribution in [0.15, 0.2) is 77.7 Å². The molecular formula is C23H21F4NO10P2S. The zero-order chi connectivity index (χ0) is 31.0. The van der Waals surface area contributed by atoms with Crippen molar-refractivity contribution in [3.63, 3.8) is 0 Å². The molecule has 0 aliphatic carbocycles. The Hall–Kier alpha value is -2.94. The molecular weight excluding hydrogens is 620 g/mol. The van der Waals surface area contributed by atoms with Gasteiger partial charge in [0.15, 0.2) is 0 Å². The van der Waals surface area contributed by atoms with Gasteiger partial charge in [-0.15, -0.1) is 0 Å². The summed E-state index contributed by atoms with van der Waals surface area (Å²) in [6.45, 7) is -1.20. The third-order valence-corrected chi connectivity index (χ3v) is 9.62. The third-order valence-electron chi connectivity index (χ3n) is 5.79. The molecule has 0 saturated carbocycles. The van der Waals surface area contributed by atoms with Gasteiger partial charge in [-0.25, -0.2) is 13.2 Å². The van der Waals surface area contributed by atoms with E-state index >= 15 is 0 Å². The molecule has 5 N–H and O–H groups in total. The second-order valence-electron chi connectivity index (χ2n) is 8.64. The number of hydrogen-bond donors (Lipinski definition) is 5. The smallest absolute Gasteiger partial charge is 0.399 e. The first-order chi connectivity index (χ1) is 18.7. The van der Waals surface area contributed by atoms with E-state index in [1.165, 1.54) is 12.1 Å². The minimum Gasteiger partial charge on any atom is -0.478 e. The van der Waals surface area contributed by atoms with Gasteiger partial charge in [-0.3, -0.25) is 9.13 Å². The van der Waals surface area contributed by atoms with E-state index in [0.29, 0.717) is 28.6 Å². The molecule has 0 aromatic heterocycles. The predicted octanol–water partition coefficient (Wildman–Crippen LogP) is 4.23. The van der Waals surface area contributed by atoms with Crippen molar-refractivity contribution in [2.75, 3.05) is 0 Å². The first-order valence-electron chi connectivity index (χ1n) is 11.1. The van der Waals surface area contributed by atoms with Crippen LogP contribution in [0.25, 0.3) is 0 Å². The van der Waals surface area contributed by atoms with Crippen LogP contribution >= 0.6 is 15.2 Å². The summed E-state index contributed by atoms with van der Waals surface area (Å²) in [5, 5.41) is 9.48. The van der Waals surface area contributed by atoms with Gasteiger partial charge >= 0.3 is 32.5 Å². The van der Waals surface area contributed by atoms with Crippen LogP contribution in [0.5, 0.6) is 0 Å². The quantitative estimate of drug-likeness (QED) is 0.150.